The van der Waals surface area contributed by atoms with Gasteiger partial charge in [-0.3, -0.25) is 4.90 Å². The molecule has 0 unspecified atom stereocenters. The van der Waals surface area contributed by atoms with Gasteiger partial charge in [-0.25, -0.2) is 0 Å². The van der Waals surface area contributed by atoms with Crippen LogP contribution >= 0.6 is 0 Å². The molecular formula is C14H13F3N6. The SMILES string of the molecule is N#Cc1ccc(-n2nnnc2CN2CCC[C@H]2C(F)(F)F)cc1. The highest BCUT2D eigenvalue weighted by Crippen LogP contribution is 2.33. The van der Waals surface area contributed by atoms with E-state index in [-0.39, 0.29) is 13.0 Å². The number of nitriles is 1. The van der Waals surface area contributed by atoms with Gasteiger partial charge in [0.15, 0.2) is 5.82 Å². The number of rotatable bonds is 3. The fraction of sp³-hybridized carbons (Fsp3) is 0.429. The first-order valence-electron chi connectivity index (χ1n) is 7.07. The number of tetrazole rings is 1. The Bertz CT molecular complexity index is 715. The van der Waals surface area contributed by atoms with Crippen LogP contribution in [0.4, 0.5) is 13.2 Å². The second-order valence-corrected chi connectivity index (χ2v) is 5.34. The molecule has 23 heavy (non-hydrogen) atoms. The van der Waals surface area contributed by atoms with Gasteiger partial charge >= 0.3 is 6.18 Å². The van der Waals surface area contributed by atoms with Crippen molar-refractivity contribution in [3.05, 3.63) is 35.7 Å². The first kappa shape index (κ1) is 15.4. The minimum Gasteiger partial charge on any atom is -0.285 e. The van der Waals surface area contributed by atoms with E-state index in [4.69, 9.17) is 5.26 Å². The van der Waals surface area contributed by atoms with Crippen LogP contribution in [-0.4, -0.2) is 43.9 Å². The molecule has 1 aliphatic heterocycles. The van der Waals surface area contributed by atoms with Crippen LogP contribution in [0.1, 0.15) is 24.2 Å². The number of hydrogen-bond acceptors (Lipinski definition) is 5. The quantitative estimate of drug-likeness (QED) is 0.865. The Kier molecular flexibility index (Phi) is 4.00. The number of likely N-dealkylation sites (tertiary alicyclic amines) is 1. The third-order valence-corrected chi connectivity index (χ3v) is 3.86. The third kappa shape index (κ3) is 3.17. The van der Waals surface area contributed by atoms with Crippen LogP contribution in [-0.2, 0) is 6.54 Å². The first-order chi connectivity index (χ1) is 11.0. The zero-order chi connectivity index (χ0) is 16.4. The second kappa shape index (κ2) is 5.96. The van der Waals surface area contributed by atoms with E-state index in [0.717, 1.165) is 0 Å². The maximum atomic E-state index is 13.0. The molecule has 0 N–H and O–H groups in total. The summed E-state index contributed by atoms with van der Waals surface area (Å²) in [6.07, 6.45) is -3.65. The molecule has 2 aromatic rings. The van der Waals surface area contributed by atoms with E-state index in [1.807, 2.05) is 6.07 Å². The van der Waals surface area contributed by atoms with E-state index >= 15 is 0 Å². The van der Waals surface area contributed by atoms with Crippen LogP contribution in [0.2, 0.25) is 0 Å². The molecule has 2 heterocycles. The lowest BCUT2D eigenvalue weighted by Crippen LogP contribution is -2.41. The molecule has 3 rings (SSSR count). The molecule has 120 valence electrons. The fourth-order valence-corrected chi connectivity index (χ4v) is 2.75. The molecule has 6 nitrogen and oxygen atoms in total. The average Bonchev–Trinajstić information content (AvgIpc) is 3.16. The smallest absolute Gasteiger partial charge is 0.285 e. The van der Waals surface area contributed by atoms with Crippen molar-refractivity contribution in [1.29, 1.82) is 5.26 Å². The summed E-state index contributed by atoms with van der Waals surface area (Å²) in [5, 5.41) is 20.0. The Hall–Kier alpha value is -2.47. The summed E-state index contributed by atoms with van der Waals surface area (Å²) in [6, 6.07) is 7.08. The zero-order valence-electron chi connectivity index (χ0n) is 12.0. The van der Waals surface area contributed by atoms with E-state index in [1.165, 1.54) is 9.58 Å². The van der Waals surface area contributed by atoms with Gasteiger partial charge < -0.3 is 0 Å². The van der Waals surface area contributed by atoms with Gasteiger partial charge in [-0.2, -0.15) is 23.1 Å². The van der Waals surface area contributed by atoms with Crippen LogP contribution in [0.3, 0.4) is 0 Å². The number of benzene rings is 1. The highest BCUT2D eigenvalue weighted by atomic mass is 19.4. The minimum atomic E-state index is -4.25. The molecule has 1 aliphatic rings. The van der Waals surface area contributed by atoms with Crippen molar-refractivity contribution in [2.45, 2.75) is 31.6 Å². The molecule has 0 aliphatic carbocycles. The van der Waals surface area contributed by atoms with Gasteiger partial charge in [0.25, 0.3) is 0 Å². The summed E-state index contributed by atoms with van der Waals surface area (Å²) in [7, 11) is 0. The van der Waals surface area contributed by atoms with E-state index in [9.17, 15) is 13.2 Å². The molecule has 1 atom stereocenters. The topological polar surface area (TPSA) is 70.6 Å². The summed E-state index contributed by atoms with van der Waals surface area (Å²) < 4.78 is 40.4. The zero-order valence-corrected chi connectivity index (χ0v) is 12.0. The van der Waals surface area contributed by atoms with Gasteiger partial charge in [0.05, 0.1) is 23.9 Å². The Morgan fingerprint density at radius 3 is 2.65 bits per heavy atom. The highest BCUT2D eigenvalue weighted by Gasteiger charge is 2.46. The molecule has 0 spiro atoms. The lowest BCUT2D eigenvalue weighted by Gasteiger charge is -2.25. The van der Waals surface area contributed by atoms with Crippen molar-refractivity contribution < 1.29 is 13.2 Å². The molecule has 0 bridgehead atoms. The molecule has 0 radical (unpaired) electrons. The third-order valence-electron chi connectivity index (χ3n) is 3.86. The Morgan fingerprint density at radius 2 is 2.00 bits per heavy atom. The van der Waals surface area contributed by atoms with Crippen LogP contribution < -0.4 is 0 Å². The van der Waals surface area contributed by atoms with Crippen LogP contribution in [0.5, 0.6) is 0 Å². The number of aromatic nitrogens is 4. The molecule has 1 saturated heterocycles. The van der Waals surface area contributed by atoms with E-state index in [2.05, 4.69) is 15.5 Å². The standard InChI is InChI=1S/C14H13F3N6/c15-14(16,17)12-2-1-7-22(12)9-13-19-20-21-23(13)11-5-3-10(8-18)4-6-11/h3-6,12H,1-2,7,9H2/t12-/m0/s1. The van der Waals surface area contributed by atoms with Gasteiger partial charge in [-0.15, -0.1) is 5.10 Å². The Morgan fingerprint density at radius 1 is 1.26 bits per heavy atom. The van der Waals surface area contributed by atoms with Crippen molar-refractivity contribution in [2.75, 3.05) is 6.54 Å². The lowest BCUT2D eigenvalue weighted by atomic mass is 10.2. The van der Waals surface area contributed by atoms with Crippen molar-refractivity contribution >= 4 is 0 Å². The van der Waals surface area contributed by atoms with E-state index in [1.54, 1.807) is 24.3 Å². The predicted molar refractivity (Wildman–Crippen MR) is 73.4 cm³/mol. The van der Waals surface area contributed by atoms with Crippen LogP contribution in [0.15, 0.2) is 24.3 Å². The normalized spacial score (nSPS) is 19.0. The van der Waals surface area contributed by atoms with Gasteiger partial charge in [0, 0.05) is 0 Å². The number of alkyl halides is 3. The Balaban J connectivity index is 1.82. The van der Waals surface area contributed by atoms with Crippen molar-refractivity contribution in [3.63, 3.8) is 0 Å². The van der Waals surface area contributed by atoms with Crippen molar-refractivity contribution in [1.82, 2.24) is 25.1 Å². The largest absolute Gasteiger partial charge is 0.404 e. The lowest BCUT2D eigenvalue weighted by molar-refractivity contribution is -0.177. The molecule has 0 amide bonds. The van der Waals surface area contributed by atoms with Gasteiger partial charge in [0.1, 0.15) is 6.04 Å². The summed E-state index contributed by atoms with van der Waals surface area (Å²) in [5.74, 6) is 0.339. The number of nitrogens with zero attached hydrogens (tertiary/aromatic N) is 6. The summed E-state index contributed by atoms with van der Waals surface area (Å²) in [4.78, 5) is 1.35. The van der Waals surface area contributed by atoms with E-state index < -0.39 is 12.2 Å². The first-order valence-corrected chi connectivity index (χ1v) is 7.07. The van der Waals surface area contributed by atoms with Gasteiger partial charge in [-0.1, -0.05) is 0 Å². The highest BCUT2D eigenvalue weighted by molar-refractivity contribution is 5.38. The fourth-order valence-electron chi connectivity index (χ4n) is 2.75. The molecule has 1 aromatic carbocycles. The number of hydrogen-bond donors (Lipinski definition) is 0. The molecule has 1 aromatic heterocycles. The van der Waals surface area contributed by atoms with Crippen molar-refractivity contribution in [2.24, 2.45) is 0 Å². The summed E-state index contributed by atoms with van der Waals surface area (Å²) in [6.45, 7) is 0.390. The maximum Gasteiger partial charge on any atom is 0.404 e. The molecule has 0 saturated carbocycles. The summed E-state index contributed by atoms with van der Waals surface area (Å²) in [5.41, 5.74) is 1.09. The molecule has 1 fully saturated rings. The molecular weight excluding hydrogens is 309 g/mol. The molecule has 9 heteroatoms. The minimum absolute atomic E-state index is 0.0250. The Labute approximate surface area is 130 Å². The van der Waals surface area contributed by atoms with Crippen molar-refractivity contribution in [3.8, 4) is 11.8 Å². The van der Waals surface area contributed by atoms with Crippen LogP contribution in [0.25, 0.3) is 5.69 Å². The maximum absolute atomic E-state index is 13.0. The van der Waals surface area contributed by atoms with Gasteiger partial charge in [-0.05, 0) is 54.1 Å². The van der Waals surface area contributed by atoms with Gasteiger partial charge in [0.2, 0.25) is 0 Å². The van der Waals surface area contributed by atoms with Crippen LogP contribution in [0, 0.1) is 11.3 Å². The van der Waals surface area contributed by atoms with E-state index in [0.29, 0.717) is 30.0 Å². The average molecular weight is 322 g/mol. The number of halogens is 3. The second-order valence-electron chi connectivity index (χ2n) is 5.34. The predicted octanol–water partition coefficient (Wildman–Crippen LogP) is 2.06. The summed E-state index contributed by atoms with van der Waals surface area (Å²) >= 11 is 0. The monoisotopic (exact) mass is 322 g/mol.